The van der Waals surface area contributed by atoms with E-state index in [1.54, 1.807) is 51.4 Å². The van der Waals surface area contributed by atoms with Crippen LogP contribution in [0.2, 0.25) is 0 Å². The maximum absolute atomic E-state index is 12.2. The van der Waals surface area contributed by atoms with E-state index >= 15 is 0 Å². The van der Waals surface area contributed by atoms with Gasteiger partial charge in [-0.05, 0) is 115 Å². The van der Waals surface area contributed by atoms with Gasteiger partial charge < -0.3 is 0 Å². The molecule has 50 heavy (non-hydrogen) atoms. The van der Waals surface area contributed by atoms with Crippen molar-refractivity contribution in [2.45, 2.75) is 23.1 Å². The molecule has 0 bridgehead atoms. The molecule has 1 aliphatic heterocycles. The molecular weight excluding hydrogens is 809 g/mol. The number of sulfone groups is 1. The number of thiophene rings is 9. The lowest BCUT2D eigenvalue weighted by molar-refractivity contribution is 0.598. The number of fused-ring (bicyclic) bond motifs is 3. The number of rotatable bonds is 6. The fourth-order valence-corrected chi connectivity index (χ4v) is 16.6. The highest BCUT2D eigenvalue weighted by Gasteiger charge is 2.37. The molecule has 0 spiro atoms. The monoisotopic (exact) mass is 834 g/mol. The van der Waals surface area contributed by atoms with Crippen LogP contribution >= 0.6 is 102 Å². The van der Waals surface area contributed by atoms with Gasteiger partial charge in [0.1, 0.15) is 0 Å². The van der Waals surface area contributed by atoms with Crippen LogP contribution in [0.15, 0.2) is 132 Å². The highest BCUT2D eigenvalue weighted by molar-refractivity contribution is 7.92. The first-order valence-electron chi connectivity index (χ1n) is 15.4. The van der Waals surface area contributed by atoms with Gasteiger partial charge >= 0.3 is 0 Å². The van der Waals surface area contributed by atoms with E-state index in [-0.39, 0.29) is 0 Å². The Morgan fingerprint density at radius 2 is 1.14 bits per heavy atom. The van der Waals surface area contributed by atoms with E-state index in [1.807, 2.05) is 63.0 Å². The number of hydrogen-bond acceptors (Lipinski definition) is 11. The van der Waals surface area contributed by atoms with Crippen molar-refractivity contribution in [2.24, 2.45) is 0 Å². The maximum Gasteiger partial charge on any atom is 0.209 e. The summed E-state index contributed by atoms with van der Waals surface area (Å²) in [7, 11) is -3.20. The lowest BCUT2D eigenvalue weighted by Crippen LogP contribution is -1.97. The molecule has 1 aliphatic rings. The molecule has 0 atom stereocenters. The van der Waals surface area contributed by atoms with E-state index in [2.05, 4.69) is 105 Å². The third-order valence-corrected chi connectivity index (χ3v) is 19.2. The third kappa shape index (κ3) is 6.79. The van der Waals surface area contributed by atoms with Crippen LogP contribution in [-0.2, 0) is 16.3 Å². The molecule has 0 saturated carbocycles. The Balaban J connectivity index is 0.000000110. The van der Waals surface area contributed by atoms with Crippen molar-refractivity contribution in [3.05, 3.63) is 127 Å². The van der Waals surface area contributed by atoms with E-state index in [1.165, 1.54) is 61.5 Å². The average Bonchev–Trinajstić information content (AvgIpc) is 4.00. The Labute approximate surface area is 327 Å². The molecule has 250 valence electrons. The molecule has 0 saturated heterocycles. The molecule has 0 radical (unpaired) electrons. The van der Waals surface area contributed by atoms with Gasteiger partial charge in [-0.3, -0.25) is 0 Å². The lowest BCUT2D eigenvalue weighted by atomic mass is 10.1. The Morgan fingerprint density at radius 3 is 1.70 bits per heavy atom. The van der Waals surface area contributed by atoms with Crippen molar-refractivity contribution < 1.29 is 8.42 Å². The van der Waals surface area contributed by atoms with Crippen molar-refractivity contribution in [2.75, 3.05) is 0 Å². The van der Waals surface area contributed by atoms with Crippen LogP contribution in [0.5, 0.6) is 0 Å². The van der Waals surface area contributed by atoms with E-state index in [0.717, 1.165) is 21.7 Å². The van der Waals surface area contributed by atoms with E-state index in [4.69, 9.17) is 0 Å². The van der Waals surface area contributed by atoms with Crippen molar-refractivity contribution in [3.8, 4) is 59.9 Å². The molecule has 10 heterocycles. The third-order valence-electron chi connectivity index (χ3n) is 7.80. The average molecular weight is 835 g/mol. The molecule has 0 aromatic carbocycles. The second-order valence-electron chi connectivity index (χ2n) is 10.8. The van der Waals surface area contributed by atoms with Crippen LogP contribution in [0.1, 0.15) is 12.5 Å². The number of hydrogen-bond donors (Lipinski definition) is 0. The molecule has 2 nitrogen and oxygen atoms in total. The van der Waals surface area contributed by atoms with Gasteiger partial charge in [-0.1, -0.05) is 31.2 Å². The van der Waals surface area contributed by atoms with Crippen LogP contribution in [0, 0.1) is 0 Å². The summed E-state index contributed by atoms with van der Waals surface area (Å²) in [5, 5.41) is 16.7. The van der Waals surface area contributed by atoms with E-state index in [0.29, 0.717) is 9.79 Å². The predicted octanol–water partition coefficient (Wildman–Crippen LogP) is 15.3. The second-order valence-corrected chi connectivity index (χ2v) is 21.2. The summed E-state index contributed by atoms with van der Waals surface area (Å²) in [6.07, 6.45) is 0.778. The van der Waals surface area contributed by atoms with Gasteiger partial charge in [0.15, 0.2) is 0 Å². The summed E-state index contributed by atoms with van der Waals surface area (Å²) in [6, 6.07) is 27.9. The molecule has 0 fully saturated rings. The summed E-state index contributed by atoms with van der Waals surface area (Å²) in [6.45, 7) is 1.99. The van der Waals surface area contributed by atoms with Gasteiger partial charge in [0, 0.05) is 39.7 Å². The van der Waals surface area contributed by atoms with Crippen LogP contribution in [-0.4, -0.2) is 8.42 Å². The standard InChI is InChI=1S/C16H10S4.C12H8S3.C10H8O2S3/c1-3-13(18-6-1)15-9-12(11-5-8-17-10-11)16(20-15)14-4-2-7-19-14;1-3-9(13-7-1)11-5-6-12(15-11)10-4-2-8-14-10;1-2-6-5-14-9-8-7(3-4-13-8)15(11,12)10(6)9/h1-10H;1-8H;3-5H,2H2,1H3. The molecule has 9 aromatic heterocycles. The smallest absolute Gasteiger partial charge is 0.209 e. The fourth-order valence-electron chi connectivity index (χ4n) is 5.46. The molecule has 0 amide bonds. The molecular formula is C38H26O2S10. The summed E-state index contributed by atoms with van der Waals surface area (Å²) >= 11 is 15.8. The van der Waals surface area contributed by atoms with Crippen molar-refractivity contribution in [3.63, 3.8) is 0 Å². The topological polar surface area (TPSA) is 34.1 Å². The summed E-state index contributed by atoms with van der Waals surface area (Å²) in [5.41, 5.74) is 3.65. The first-order chi connectivity index (χ1) is 24.5. The first kappa shape index (κ1) is 34.3. The van der Waals surface area contributed by atoms with Gasteiger partial charge in [-0.25, -0.2) is 8.42 Å². The van der Waals surface area contributed by atoms with Gasteiger partial charge in [0.2, 0.25) is 9.84 Å². The summed E-state index contributed by atoms with van der Waals surface area (Å²) in [5.74, 6) is 0. The van der Waals surface area contributed by atoms with Crippen molar-refractivity contribution in [1.82, 2.24) is 0 Å². The van der Waals surface area contributed by atoms with Gasteiger partial charge in [-0.15, -0.1) is 90.7 Å². The van der Waals surface area contributed by atoms with Crippen molar-refractivity contribution >= 4 is 112 Å². The minimum Gasteiger partial charge on any atom is -0.218 e. The molecule has 0 N–H and O–H groups in total. The van der Waals surface area contributed by atoms with Crippen LogP contribution in [0.25, 0.3) is 59.9 Å². The Kier molecular flexibility index (Phi) is 10.4. The molecule has 0 aliphatic carbocycles. The zero-order chi connectivity index (χ0) is 34.1. The van der Waals surface area contributed by atoms with Gasteiger partial charge in [0.05, 0.1) is 24.4 Å². The molecule has 12 heteroatoms. The second kappa shape index (κ2) is 15.1. The molecule has 9 aromatic rings. The van der Waals surface area contributed by atoms with Gasteiger partial charge in [-0.2, -0.15) is 11.3 Å². The number of aryl methyl sites for hydroxylation is 1. The SMILES string of the molecule is CCc1csc2c1S(=O)(=O)c1ccsc1-2.c1csc(-c2cc(-c3ccsc3)c(-c3cccs3)s2)c1.c1csc(-c2ccc(-c3cccs3)s2)c1. The Morgan fingerprint density at radius 1 is 0.520 bits per heavy atom. The quantitative estimate of drug-likeness (QED) is 0.167. The van der Waals surface area contributed by atoms with Gasteiger partial charge in [0.25, 0.3) is 0 Å². The zero-order valence-corrected chi connectivity index (χ0v) is 34.4. The van der Waals surface area contributed by atoms with E-state index in [9.17, 15) is 8.42 Å². The zero-order valence-electron chi connectivity index (χ0n) is 26.2. The Bertz CT molecular complexity index is 2410. The molecule has 10 rings (SSSR count). The minimum atomic E-state index is -3.20. The fraction of sp³-hybridized carbons (Fsp3) is 0.0526. The summed E-state index contributed by atoms with van der Waals surface area (Å²) in [4.78, 5) is 13.9. The van der Waals surface area contributed by atoms with Crippen molar-refractivity contribution in [1.29, 1.82) is 0 Å². The largest absolute Gasteiger partial charge is 0.218 e. The highest BCUT2D eigenvalue weighted by Crippen LogP contribution is 2.51. The first-order valence-corrected chi connectivity index (χ1v) is 24.7. The summed E-state index contributed by atoms with van der Waals surface area (Å²) < 4.78 is 24.4. The Hall–Kier alpha value is -2.75. The normalized spacial score (nSPS) is 12.5. The molecule has 0 unspecified atom stereocenters. The van der Waals surface area contributed by atoms with Crippen LogP contribution in [0.3, 0.4) is 0 Å². The maximum atomic E-state index is 12.2. The lowest BCUT2D eigenvalue weighted by Gasteiger charge is -1.97. The minimum absolute atomic E-state index is 0.504. The highest BCUT2D eigenvalue weighted by atomic mass is 32.2. The van der Waals surface area contributed by atoms with E-state index < -0.39 is 9.84 Å². The predicted molar refractivity (Wildman–Crippen MR) is 228 cm³/mol. The van der Waals surface area contributed by atoms with Crippen LogP contribution < -0.4 is 0 Å². The van der Waals surface area contributed by atoms with Crippen LogP contribution in [0.4, 0.5) is 0 Å².